The summed E-state index contributed by atoms with van der Waals surface area (Å²) in [6.07, 6.45) is 1.63. The first kappa shape index (κ1) is 16.5. The molecule has 0 spiro atoms. The number of benzene rings is 1. The van der Waals surface area contributed by atoms with Gasteiger partial charge in [0, 0.05) is 11.9 Å². The number of halogens is 2. The van der Waals surface area contributed by atoms with Crippen LogP contribution in [0, 0.1) is 0 Å². The Balaban J connectivity index is 1.75. The molecule has 0 saturated heterocycles. The monoisotopic (exact) mass is 380 g/mol. The molecule has 3 aromatic rings. The van der Waals surface area contributed by atoms with Crippen LogP contribution < -0.4 is 11.1 Å². The molecule has 0 atom stereocenters. The average molecular weight is 381 g/mol. The third-order valence-corrected chi connectivity index (χ3v) is 4.62. The van der Waals surface area contributed by atoms with Crippen LogP contribution in [0.5, 0.6) is 0 Å². The molecule has 2 amide bonds. The van der Waals surface area contributed by atoms with Gasteiger partial charge in [-0.05, 0) is 36.4 Å². The van der Waals surface area contributed by atoms with Crippen molar-refractivity contribution in [2.45, 2.75) is 0 Å². The van der Waals surface area contributed by atoms with Crippen LogP contribution in [0.1, 0.15) is 20.8 Å². The molecule has 3 N–H and O–H groups in total. The van der Waals surface area contributed by atoms with E-state index >= 15 is 0 Å². The van der Waals surface area contributed by atoms with Gasteiger partial charge in [0.05, 0.1) is 15.6 Å². The van der Waals surface area contributed by atoms with Crippen molar-refractivity contribution in [1.29, 1.82) is 0 Å². The van der Waals surface area contributed by atoms with Gasteiger partial charge in [-0.25, -0.2) is 4.68 Å². The molecule has 0 aliphatic heterocycles. The summed E-state index contributed by atoms with van der Waals surface area (Å²) in [5.41, 5.74) is 6.98. The van der Waals surface area contributed by atoms with Crippen LogP contribution in [-0.2, 0) is 0 Å². The number of nitrogens with one attached hydrogen (secondary N) is 1. The van der Waals surface area contributed by atoms with Gasteiger partial charge in [-0.2, -0.15) is 5.10 Å². The van der Waals surface area contributed by atoms with E-state index in [1.165, 1.54) is 16.8 Å². The summed E-state index contributed by atoms with van der Waals surface area (Å²) in [5, 5.41) is 6.79. The molecule has 24 heavy (non-hydrogen) atoms. The normalized spacial score (nSPS) is 10.6. The predicted octanol–water partition coefficient (Wildman–Crippen LogP) is 3.59. The van der Waals surface area contributed by atoms with Gasteiger partial charge in [0.2, 0.25) is 0 Å². The maximum absolute atomic E-state index is 12.2. The van der Waals surface area contributed by atoms with Crippen molar-refractivity contribution in [3.8, 4) is 5.69 Å². The van der Waals surface area contributed by atoms with E-state index in [-0.39, 0.29) is 11.6 Å². The van der Waals surface area contributed by atoms with Crippen LogP contribution in [0.2, 0.25) is 8.67 Å². The molecule has 1 aromatic carbocycles. The SMILES string of the molecule is NC(=O)c1ccn(-c2ccc(NC(=O)c3cc(Cl)sc3Cl)cc2)n1. The zero-order chi connectivity index (χ0) is 17.3. The van der Waals surface area contributed by atoms with Crippen LogP contribution >= 0.6 is 34.5 Å². The minimum Gasteiger partial charge on any atom is -0.364 e. The summed E-state index contributed by atoms with van der Waals surface area (Å²) in [7, 11) is 0. The summed E-state index contributed by atoms with van der Waals surface area (Å²) < 4.78 is 2.30. The van der Waals surface area contributed by atoms with Gasteiger partial charge in [0.15, 0.2) is 0 Å². The predicted molar refractivity (Wildman–Crippen MR) is 94.4 cm³/mol. The highest BCUT2D eigenvalue weighted by Crippen LogP contribution is 2.31. The highest BCUT2D eigenvalue weighted by molar-refractivity contribution is 7.20. The maximum atomic E-state index is 12.2. The van der Waals surface area contributed by atoms with Crippen molar-refractivity contribution in [2.24, 2.45) is 5.73 Å². The lowest BCUT2D eigenvalue weighted by Crippen LogP contribution is -2.12. The Morgan fingerprint density at radius 3 is 2.42 bits per heavy atom. The number of carbonyl (C=O) groups is 2. The standard InChI is InChI=1S/C15H10Cl2N4O2S/c16-12-7-10(13(17)24-12)15(23)19-8-1-3-9(4-2-8)21-6-5-11(20-21)14(18)22/h1-7H,(H2,18,22)(H,19,23). The number of thiophene rings is 1. The second-order valence-electron chi connectivity index (χ2n) is 4.75. The van der Waals surface area contributed by atoms with Crippen LogP contribution in [0.3, 0.4) is 0 Å². The zero-order valence-electron chi connectivity index (χ0n) is 12.0. The van der Waals surface area contributed by atoms with E-state index in [0.29, 0.717) is 19.9 Å². The summed E-state index contributed by atoms with van der Waals surface area (Å²) in [6.45, 7) is 0. The fourth-order valence-electron chi connectivity index (χ4n) is 1.99. The molecule has 9 heteroatoms. The summed E-state index contributed by atoms with van der Waals surface area (Å²) in [4.78, 5) is 23.2. The second kappa shape index (κ2) is 6.64. The Hall–Kier alpha value is -2.35. The lowest BCUT2D eigenvalue weighted by Gasteiger charge is -2.06. The molecule has 2 heterocycles. The molecule has 122 valence electrons. The highest BCUT2D eigenvalue weighted by atomic mass is 35.5. The van der Waals surface area contributed by atoms with Crippen LogP contribution in [-0.4, -0.2) is 21.6 Å². The molecule has 0 bridgehead atoms. The maximum Gasteiger partial charge on any atom is 0.269 e. The average Bonchev–Trinajstić information content (AvgIpc) is 3.15. The summed E-state index contributed by atoms with van der Waals surface area (Å²) >= 11 is 12.9. The third-order valence-electron chi connectivity index (χ3n) is 3.13. The molecule has 6 nitrogen and oxygen atoms in total. The van der Waals surface area contributed by atoms with E-state index in [1.54, 1.807) is 30.5 Å². The molecule has 0 aliphatic rings. The molecule has 3 rings (SSSR count). The molecule has 0 unspecified atom stereocenters. The molecule has 0 fully saturated rings. The Bertz CT molecular complexity index is 918. The van der Waals surface area contributed by atoms with Crippen LogP contribution in [0.15, 0.2) is 42.6 Å². The zero-order valence-corrected chi connectivity index (χ0v) is 14.3. The number of nitrogens with zero attached hydrogens (tertiary/aromatic N) is 2. The number of primary amides is 1. The molecule has 0 aliphatic carbocycles. The summed E-state index contributed by atoms with van der Waals surface area (Å²) in [5.74, 6) is -0.935. The number of rotatable bonds is 4. The van der Waals surface area contributed by atoms with Gasteiger partial charge in [0.25, 0.3) is 11.8 Å². The van der Waals surface area contributed by atoms with Crippen molar-refractivity contribution in [2.75, 3.05) is 5.32 Å². The minimum atomic E-state index is -0.594. The topological polar surface area (TPSA) is 90.0 Å². The van der Waals surface area contributed by atoms with Crippen molar-refractivity contribution in [3.05, 3.63) is 62.5 Å². The lowest BCUT2D eigenvalue weighted by atomic mass is 10.2. The molecule has 0 saturated carbocycles. The highest BCUT2D eigenvalue weighted by Gasteiger charge is 2.14. The Kier molecular flexibility index (Phi) is 4.57. The Morgan fingerprint density at radius 1 is 1.17 bits per heavy atom. The van der Waals surface area contributed by atoms with Gasteiger partial charge in [-0.1, -0.05) is 23.2 Å². The number of nitrogens with two attached hydrogens (primary N) is 1. The fourth-order valence-corrected chi connectivity index (χ4v) is 3.45. The first-order valence-electron chi connectivity index (χ1n) is 6.66. The number of carbonyl (C=O) groups excluding carboxylic acids is 2. The smallest absolute Gasteiger partial charge is 0.269 e. The van der Waals surface area contributed by atoms with Crippen LogP contribution in [0.25, 0.3) is 5.69 Å². The Morgan fingerprint density at radius 2 is 1.88 bits per heavy atom. The van der Waals surface area contributed by atoms with E-state index in [1.807, 2.05) is 0 Å². The van der Waals surface area contributed by atoms with Crippen LogP contribution in [0.4, 0.5) is 5.69 Å². The molecular weight excluding hydrogens is 371 g/mol. The molecular formula is C15H10Cl2N4O2S. The van der Waals surface area contributed by atoms with E-state index in [9.17, 15) is 9.59 Å². The van der Waals surface area contributed by atoms with Gasteiger partial charge >= 0.3 is 0 Å². The van der Waals surface area contributed by atoms with Crippen molar-refractivity contribution >= 4 is 52.0 Å². The van der Waals surface area contributed by atoms with Crippen molar-refractivity contribution in [3.63, 3.8) is 0 Å². The first-order valence-corrected chi connectivity index (χ1v) is 8.23. The van der Waals surface area contributed by atoms with Gasteiger partial charge < -0.3 is 11.1 Å². The third kappa shape index (κ3) is 3.43. The van der Waals surface area contributed by atoms with Crippen molar-refractivity contribution < 1.29 is 9.59 Å². The summed E-state index contributed by atoms with van der Waals surface area (Å²) in [6, 6.07) is 9.96. The fraction of sp³-hybridized carbons (Fsp3) is 0. The van der Waals surface area contributed by atoms with Gasteiger partial charge in [0.1, 0.15) is 10.0 Å². The largest absolute Gasteiger partial charge is 0.364 e. The molecule has 2 aromatic heterocycles. The number of hydrogen-bond acceptors (Lipinski definition) is 4. The first-order chi connectivity index (χ1) is 11.4. The molecule has 0 radical (unpaired) electrons. The second-order valence-corrected chi connectivity index (χ2v) is 7.03. The van der Waals surface area contributed by atoms with Gasteiger partial charge in [-0.3, -0.25) is 9.59 Å². The number of aromatic nitrogens is 2. The van der Waals surface area contributed by atoms with Gasteiger partial charge in [-0.15, -0.1) is 11.3 Å². The van der Waals surface area contributed by atoms with E-state index in [2.05, 4.69) is 10.4 Å². The number of amides is 2. The number of hydrogen-bond donors (Lipinski definition) is 2. The van der Waals surface area contributed by atoms with E-state index in [4.69, 9.17) is 28.9 Å². The lowest BCUT2D eigenvalue weighted by molar-refractivity contribution is 0.0993. The quantitative estimate of drug-likeness (QED) is 0.724. The van der Waals surface area contributed by atoms with E-state index < -0.39 is 5.91 Å². The van der Waals surface area contributed by atoms with E-state index in [0.717, 1.165) is 17.0 Å². The van der Waals surface area contributed by atoms with Crippen molar-refractivity contribution in [1.82, 2.24) is 9.78 Å². The number of anilines is 1. The Labute approximate surface area is 150 Å². The minimum absolute atomic E-state index is 0.177.